The molecule has 10 aromatic carbocycles. The molecule has 1 saturated heterocycles. The summed E-state index contributed by atoms with van der Waals surface area (Å²) in [6.45, 7) is 11.6. The van der Waals surface area contributed by atoms with Crippen LogP contribution in [0.15, 0.2) is 261 Å². The van der Waals surface area contributed by atoms with Crippen molar-refractivity contribution in [2.24, 2.45) is 5.92 Å². The number of carbonyl (C=O) groups excluding carboxylic acids is 5. The molecule has 1 heterocycles. The number of hydrogen-bond donors (Lipinski definition) is 5. The summed E-state index contributed by atoms with van der Waals surface area (Å²) in [6.07, 6.45) is 9.09. The number of halogens is 1. The molecule has 1 aliphatic heterocycles. The smallest absolute Gasteiger partial charge is 0.222 e. The lowest BCUT2D eigenvalue weighted by Gasteiger charge is -2.30. The second-order valence-corrected chi connectivity index (χ2v) is 37.5. The number of rotatable bonds is 47. The Morgan fingerprint density at radius 3 is 1.05 bits per heavy atom. The largest absolute Gasteiger partial charge is 0.508 e. The van der Waals surface area contributed by atoms with Crippen LogP contribution in [0.2, 0.25) is 0 Å². The van der Waals surface area contributed by atoms with E-state index in [4.69, 9.17) is 28.4 Å². The number of ether oxygens (including phenoxy) is 6. The van der Waals surface area contributed by atoms with E-state index in [1.165, 1.54) is 26.0 Å². The predicted octanol–water partition coefficient (Wildman–Crippen LogP) is 20.8. The van der Waals surface area contributed by atoms with E-state index in [-0.39, 0.29) is 64.0 Å². The molecular weight excluding hydrogens is 1780 g/mol. The van der Waals surface area contributed by atoms with Crippen molar-refractivity contribution < 1.29 is 82.3 Å². The predicted molar refractivity (Wildman–Crippen MR) is 534 cm³/mol. The number of methoxy groups -OCH3 is 5. The highest BCUT2D eigenvalue weighted by molar-refractivity contribution is 8.00. The van der Waals surface area contributed by atoms with Gasteiger partial charge < -0.3 is 78.5 Å². The van der Waals surface area contributed by atoms with Gasteiger partial charge in [0.25, 0.3) is 0 Å². The van der Waals surface area contributed by atoms with Crippen LogP contribution in [0.25, 0.3) is 0 Å². The Bertz CT molecular complexity index is 5060. The molecule has 22 nitrogen and oxygen atoms in total. The molecule has 5 N–H and O–H groups in total. The molecule has 2 fully saturated rings. The first kappa shape index (κ1) is 108. The molecule has 1 saturated carbocycles. The van der Waals surface area contributed by atoms with Crippen molar-refractivity contribution >= 4 is 88.3 Å². The van der Waals surface area contributed by atoms with Gasteiger partial charge in [-0.05, 0) is 243 Å². The Labute approximate surface area is 806 Å². The maximum atomic E-state index is 13.7. The van der Waals surface area contributed by atoms with E-state index >= 15 is 0 Å². The maximum Gasteiger partial charge on any atom is 0.222 e. The van der Waals surface area contributed by atoms with E-state index in [1.54, 1.807) is 177 Å². The standard InChI is InChI=1S/C24H32N2O4S.C22H27NO3S.2C20H25NO3S.C19H22FNO3S/c1-29-23-6-3-2-5-20(23)19-26(13-12-25-14-16-30-17-15-25)24(28)7-4-18-31-22-10-8-21(27)9-11-22;1-26-21-6-3-2-5-18(21)16-23(15-17-8-9-17)22(25)7-4-14-27-20-12-10-19(24)11-13-20;1-21(14-16-6-3-4-7-17(16)15-24-2)20(23)8-5-13-25-19-11-9-18(22)10-12-19;1-3-21(15-16-7-4-5-8-19(16)24-2)20(23)9-6-14-25-18-12-10-17(22)11-13-18;1-21(13-14-5-3-6-17(20)19(14)24-2)18(23)7-4-12-25-16-10-8-15(22)9-11-16/h2-3,5-6,8-11,27H,4,7,12-19H2,1H3;2-3,5-6,10-13,17,24H,4,7-9,14-16H2,1H3;3-4,6-7,9-12,22H,5,8,13-15H2,1-2H3;4-5,7-8,10-13,22H,3,6,9,14-15H2,1-2H3;3,5-6,8-11,22H,4,7,12-13H2,1-2H3. The molecular formula is C105H131FN6O16S5. The van der Waals surface area contributed by atoms with Crippen LogP contribution in [-0.2, 0) is 72.8 Å². The molecule has 5 amide bonds. The van der Waals surface area contributed by atoms with Crippen molar-refractivity contribution in [1.29, 1.82) is 0 Å². The van der Waals surface area contributed by atoms with Gasteiger partial charge in [0.1, 0.15) is 46.0 Å². The van der Waals surface area contributed by atoms with Crippen LogP contribution < -0.4 is 18.9 Å². The Kier molecular flexibility index (Phi) is 49.6. The lowest BCUT2D eigenvalue weighted by Crippen LogP contribution is -2.42. The number of benzene rings is 10. The Morgan fingerprint density at radius 2 is 0.692 bits per heavy atom. The number of hydrogen-bond acceptors (Lipinski definition) is 22. The number of para-hydroxylation sites is 4. The van der Waals surface area contributed by atoms with Gasteiger partial charge in [0, 0.05) is 172 Å². The van der Waals surface area contributed by atoms with Crippen LogP contribution in [0.1, 0.15) is 117 Å². The molecule has 0 radical (unpaired) electrons. The molecule has 133 heavy (non-hydrogen) atoms. The zero-order valence-corrected chi connectivity index (χ0v) is 81.9. The van der Waals surface area contributed by atoms with Crippen LogP contribution in [-0.4, -0.2) is 215 Å². The molecule has 0 unspecified atom stereocenters. The number of carbonyl (C=O) groups is 5. The Hall–Kier alpha value is -10.7. The van der Waals surface area contributed by atoms with E-state index in [2.05, 4.69) is 4.90 Å². The molecule has 1 aliphatic carbocycles. The van der Waals surface area contributed by atoms with Gasteiger partial charge in [-0.25, -0.2) is 4.39 Å². The van der Waals surface area contributed by atoms with E-state index in [9.17, 15) is 53.9 Å². The highest BCUT2D eigenvalue weighted by Crippen LogP contribution is 2.34. The summed E-state index contributed by atoms with van der Waals surface area (Å²) in [5.74, 6) is 9.28. The van der Waals surface area contributed by atoms with Crippen LogP contribution in [0.3, 0.4) is 0 Å². The Morgan fingerprint density at radius 1 is 0.376 bits per heavy atom. The first-order chi connectivity index (χ1) is 64.5. The fourth-order valence-electron chi connectivity index (χ4n) is 14.0. The average Bonchev–Trinajstić information content (AvgIpc) is 1.81. The first-order valence-electron chi connectivity index (χ1n) is 45.0. The van der Waals surface area contributed by atoms with Gasteiger partial charge in [0.2, 0.25) is 29.5 Å². The molecule has 12 rings (SSSR count). The third kappa shape index (κ3) is 41.0. The number of phenols is 5. The van der Waals surface area contributed by atoms with Crippen LogP contribution in [0, 0.1) is 11.7 Å². The molecule has 2 aliphatic rings. The van der Waals surface area contributed by atoms with Crippen molar-refractivity contribution in [2.75, 3.05) is 131 Å². The first-order valence-corrected chi connectivity index (χ1v) is 49.9. The van der Waals surface area contributed by atoms with E-state index in [0.717, 1.165) is 170 Å². The number of aromatic hydroxyl groups is 5. The molecule has 0 aromatic heterocycles. The van der Waals surface area contributed by atoms with Gasteiger partial charge in [0.15, 0.2) is 11.6 Å². The van der Waals surface area contributed by atoms with E-state index < -0.39 is 5.82 Å². The lowest BCUT2D eigenvalue weighted by molar-refractivity contribution is -0.133. The number of morpholine rings is 1. The zero-order chi connectivity index (χ0) is 95.3. The highest BCUT2D eigenvalue weighted by Gasteiger charge is 2.28. The number of phenolic OH excluding ortho intramolecular Hbond substituents is 5. The van der Waals surface area contributed by atoms with E-state index in [0.29, 0.717) is 96.0 Å². The summed E-state index contributed by atoms with van der Waals surface area (Å²) in [7, 11) is 11.6. The van der Waals surface area contributed by atoms with Crippen molar-refractivity contribution in [3.63, 3.8) is 0 Å². The quantitative estimate of drug-likeness (QED) is 0.0175. The second-order valence-electron chi connectivity index (χ2n) is 31.7. The van der Waals surface area contributed by atoms with Gasteiger partial charge in [0.05, 0.1) is 48.3 Å². The summed E-state index contributed by atoms with van der Waals surface area (Å²) >= 11 is 8.46. The molecule has 0 atom stereocenters. The normalized spacial score (nSPS) is 12.0. The second kappa shape index (κ2) is 61.3. The molecule has 0 spiro atoms. The van der Waals surface area contributed by atoms with Gasteiger partial charge in [-0.15, -0.1) is 58.8 Å². The monoisotopic (exact) mass is 1910 g/mol. The molecule has 0 bridgehead atoms. The third-order valence-electron chi connectivity index (χ3n) is 21.6. The van der Waals surface area contributed by atoms with Crippen molar-refractivity contribution in [2.45, 2.75) is 148 Å². The van der Waals surface area contributed by atoms with Crippen LogP contribution in [0.5, 0.6) is 51.7 Å². The summed E-state index contributed by atoms with van der Waals surface area (Å²) in [4.78, 5) is 79.9. The topological polar surface area (TPSA) is 261 Å². The van der Waals surface area contributed by atoms with E-state index in [1.807, 2.05) is 186 Å². The number of amides is 5. The zero-order valence-electron chi connectivity index (χ0n) is 77.8. The van der Waals surface area contributed by atoms with Crippen molar-refractivity contribution in [3.05, 3.63) is 276 Å². The van der Waals surface area contributed by atoms with Crippen molar-refractivity contribution in [1.82, 2.24) is 29.4 Å². The van der Waals surface area contributed by atoms with Crippen LogP contribution >= 0.6 is 58.8 Å². The highest BCUT2D eigenvalue weighted by atomic mass is 32.2. The fraction of sp³-hybridized carbons (Fsp3) is 0.381. The summed E-state index contributed by atoms with van der Waals surface area (Å²) in [5, 5.41) is 46.5. The fourth-order valence-corrected chi connectivity index (χ4v) is 18.2. The minimum Gasteiger partial charge on any atom is -0.508 e. The van der Waals surface area contributed by atoms with Gasteiger partial charge in [-0.2, -0.15) is 0 Å². The molecule has 10 aromatic rings. The minimum atomic E-state index is -0.425. The summed E-state index contributed by atoms with van der Waals surface area (Å²) in [5.41, 5.74) is 6.01. The molecule has 28 heteroatoms. The number of nitrogens with zero attached hydrogens (tertiary/aromatic N) is 6. The maximum absolute atomic E-state index is 13.7. The van der Waals surface area contributed by atoms with Crippen LogP contribution in [0.4, 0.5) is 4.39 Å². The summed E-state index contributed by atoms with van der Waals surface area (Å²) in [6, 6.07) is 72.0. The third-order valence-corrected chi connectivity index (χ3v) is 27.1. The number of thioether (sulfide) groups is 5. The van der Waals surface area contributed by atoms with Gasteiger partial charge in [-0.1, -0.05) is 91.0 Å². The summed E-state index contributed by atoms with van der Waals surface area (Å²) < 4.78 is 45.7. The lowest BCUT2D eigenvalue weighted by atomic mass is 10.1. The Balaban J connectivity index is 0.000000205. The molecule has 714 valence electrons. The van der Waals surface area contributed by atoms with Gasteiger partial charge >= 0.3 is 0 Å². The minimum absolute atomic E-state index is 0.0117. The average molecular weight is 1910 g/mol. The van der Waals surface area contributed by atoms with Gasteiger partial charge in [-0.3, -0.25) is 28.9 Å². The van der Waals surface area contributed by atoms with Crippen molar-refractivity contribution in [3.8, 4) is 51.7 Å². The SMILES string of the molecule is CCN(Cc1ccccc1OC)C(=O)CCCSc1ccc(O)cc1.COCc1ccccc1CN(C)C(=O)CCCSc1ccc(O)cc1.COc1c(F)cccc1CN(C)C(=O)CCCSc1ccc(O)cc1.COc1ccccc1CN(CC1CC1)C(=O)CCCSc1ccc(O)cc1.COc1ccccc1CN(CCN1CCOCC1)C(=O)CCCSc1ccc(O)cc1.